The van der Waals surface area contributed by atoms with E-state index in [0.29, 0.717) is 6.04 Å². The van der Waals surface area contributed by atoms with E-state index in [-0.39, 0.29) is 23.9 Å². The van der Waals surface area contributed by atoms with Crippen molar-refractivity contribution in [2.45, 2.75) is 64.3 Å². The Morgan fingerprint density at radius 2 is 2.00 bits per heavy atom. The van der Waals surface area contributed by atoms with Gasteiger partial charge in [0.15, 0.2) is 0 Å². The Balaban J connectivity index is 2.61. The normalized spacial score (nSPS) is 31.7. The third kappa shape index (κ3) is 2.69. The molecule has 84 valence electrons. The van der Waals surface area contributed by atoms with Crippen LogP contribution < -0.4 is 5.32 Å². The highest BCUT2D eigenvalue weighted by molar-refractivity contribution is 4.99. The minimum absolute atomic E-state index is 0.0592. The molecule has 0 aromatic rings. The quantitative estimate of drug-likeness (QED) is 0.723. The van der Waals surface area contributed by atoms with Gasteiger partial charge in [0, 0.05) is 12.1 Å². The zero-order chi connectivity index (χ0) is 11.0. The second-order valence-corrected chi connectivity index (χ2v) is 5.47. The van der Waals surface area contributed by atoms with Gasteiger partial charge in [-0.05, 0) is 41.0 Å². The maximum absolute atomic E-state index is 8.99. The highest BCUT2D eigenvalue weighted by atomic mass is 16.5. The van der Waals surface area contributed by atoms with Gasteiger partial charge in [0.25, 0.3) is 0 Å². The molecule has 1 fully saturated rings. The van der Waals surface area contributed by atoms with Crippen LogP contribution in [0.1, 0.15) is 41.0 Å². The van der Waals surface area contributed by atoms with Crippen LogP contribution in [0.2, 0.25) is 0 Å². The van der Waals surface area contributed by atoms with E-state index < -0.39 is 0 Å². The summed E-state index contributed by atoms with van der Waals surface area (Å²) in [6, 6.07) is 0.455. The van der Waals surface area contributed by atoms with Gasteiger partial charge in [-0.15, -0.1) is 0 Å². The molecule has 0 aliphatic carbocycles. The summed E-state index contributed by atoms with van der Waals surface area (Å²) in [5.74, 6) is 0. The third-order valence-electron chi connectivity index (χ3n) is 2.83. The van der Waals surface area contributed by atoms with Crippen molar-refractivity contribution in [3.8, 4) is 0 Å². The first-order valence-electron chi connectivity index (χ1n) is 5.34. The molecule has 0 unspecified atom stereocenters. The number of hydrogen-bond acceptors (Lipinski definition) is 3. The Morgan fingerprint density at radius 3 is 2.36 bits per heavy atom. The fourth-order valence-electron chi connectivity index (χ4n) is 2.22. The van der Waals surface area contributed by atoms with Gasteiger partial charge < -0.3 is 15.2 Å². The topological polar surface area (TPSA) is 41.5 Å². The number of nitrogens with one attached hydrogen (secondary N) is 1. The van der Waals surface area contributed by atoms with E-state index in [9.17, 15) is 0 Å². The van der Waals surface area contributed by atoms with Crippen molar-refractivity contribution in [1.29, 1.82) is 0 Å². The molecule has 0 saturated carbocycles. The molecule has 0 amide bonds. The molecule has 2 atom stereocenters. The second-order valence-electron chi connectivity index (χ2n) is 5.47. The Morgan fingerprint density at radius 1 is 1.43 bits per heavy atom. The summed E-state index contributed by atoms with van der Waals surface area (Å²) in [7, 11) is 0. The molecule has 0 bridgehead atoms. The molecule has 0 aromatic carbocycles. The standard InChI is InChI=1S/C11H23NO2/c1-8(7-13)12-9-6-10(2,3)14-11(9,4)5/h8-9,12-13H,6-7H2,1-5H3/t8-,9-/m0/s1. The van der Waals surface area contributed by atoms with Gasteiger partial charge in [0.2, 0.25) is 0 Å². The van der Waals surface area contributed by atoms with Crippen molar-refractivity contribution in [2.75, 3.05) is 6.61 Å². The van der Waals surface area contributed by atoms with Crippen LogP contribution in [0.3, 0.4) is 0 Å². The Labute approximate surface area is 86.8 Å². The zero-order valence-electron chi connectivity index (χ0n) is 9.92. The molecule has 1 heterocycles. The summed E-state index contributed by atoms with van der Waals surface area (Å²) in [6.45, 7) is 10.6. The average Bonchev–Trinajstić information content (AvgIpc) is 2.19. The molecule has 14 heavy (non-hydrogen) atoms. The predicted octanol–water partition coefficient (Wildman–Crippen LogP) is 1.30. The molecule has 0 radical (unpaired) electrons. The molecule has 0 aromatic heterocycles. The van der Waals surface area contributed by atoms with Crippen molar-refractivity contribution < 1.29 is 9.84 Å². The van der Waals surface area contributed by atoms with Gasteiger partial charge in [-0.2, -0.15) is 0 Å². The summed E-state index contributed by atoms with van der Waals surface area (Å²) < 4.78 is 5.95. The second kappa shape index (κ2) is 3.80. The first-order valence-corrected chi connectivity index (χ1v) is 5.34. The maximum Gasteiger partial charge on any atom is 0.0787 e. The van der Waals surface area contributed by atoms with Crippen molar-refractivity contribution >= 4 is 0 Å². The first kappa shape index (κ1) is 12.0. The van der Waals surface area contributed by atoms with E-state index in [0.717, 1.165) is 6.42 Å². The first-order chi connectivity index (χ1) is 6.27. The lowest BCUT2D eigenvalue weighted by Gasteiger charge is -2.29. The number of ether oxygens (including phenoxy) is 1. The largest absolute Gasteiger partial charge is 0.395 e. The molecule has 0 spiro atoms. The summed E-state index contributed by atoms with van der Waals surface area (Å²) >= 11 is 0. The maximum atomic E-state index is 8.99. The van der Waals surface area contributed by atoms with Gasteiger partial charge in [-0.3, -0.25) is 0 Å². The van der Waals surface area contributed by atoms with E-state index in [1.807, 2.05) is 6.92 Å². The third-order valence-corrected chi connectivity index (χ3v) is 2.83. The minimum Gasteiger partial charge on any atom is -0.395 e. The molecule has 1 aliphatic heterocycles. The van der Waals surface area contributed by atoms with Gasteiger partial charge in [0.05, 0.1) is 17.8 Å². The van der Waals surface area contributed by atoms with Crippen LogP contribution in [0.15, 0.2) is 0 Å². The van der Waals surface area contributed by atoms with Crippen LogP contribution in [0.25, 0.3) is 0 Å². The SMILES string of the molecule is C[C@@H](CO)N[C@H]1CC(C)(C)OC1(C)C. The monoisotopic (exact) mass is 201 g/mol. The zero-order valence-corrected chi connectivity index (χ0v) is 9.92. The van der Waals surface area contributed by atoms with Crippen molar-refractivity contribution in [2.24, 2.45) is 0 Å². The van der Waals surface area contributed by atoms with Gasteiger partial charge in [-0.25, -0.2) is 0 Å². The molecule has 1 aliphatic rings. The number of rotatable bonds is 3. The molecule has 1 rings (SSSR count). The van der Waals surface area contributed by atoms with E-state index >= 15 is 0 Å². The Hall–Kier alpha value is -0.120. The van der Waals surface area contributed by atoms with Gasteiger partial charge in [-0.1, -0.05) is 0 Å². The number of hydrogen-bond donors (Lipinski definition) is 2. The highest BCUT2D eigenvalue weighted by Crippen LogP contribution is 2.37. The lowest BCUT2D eigenvalue weighted by atomic mass is 9.94. The Kier molecular flexibility index (Phi) is 3.24. The fourth-order valence-corrected chi connectivity index (χ4v) is 2.22. The van der Waals surface area contributed by atoms with Gasteiger partial charge in [0.1, 0.15) is 0 Å². The average molecular weight is 201 g/mol. The summed E-state index contributed by atoms with van der Waals surface area (Å²) in [4.78, 5) is 0. The predicted molar refractivity (Wildman–Crippen MR) is 57.3 cm³/mol. The summed E-state index contributed by atoms with van der Waals surface area (Å²) in [5, 5.41) is 12.4. The van der Waals surface area contributed by atoms with Crippen LogP contribution in [0, 0.1) is 0 Å². The van der Waals surface area contributed by atoms with E-state index in [1.165, 1.54) is 0 Å². The van der Waals surface area contributed by atoms with Crippen molar-refractivity contribution in [1.82, 2.24) is 5.32 Å². The lowest BCUT2D eigenvalue weighted by Crippen LogP contribution is -2.48. The van der Waals surface area contributed by atoms with E-state index in [2.05, 4.69) is 33.0 Å². The smallest absolute Gasteiger partial charge is 0.0787 e. The van der Waals surface area contributed by atoms with E-state index in [4.69, 9.17) is 9.84 Å². The van der Waals surface area contributed by atoms with Crippen LogP contribution in [0.4, 0.5) is 0 Å². The van der Waals surface area contributed by atoms with Crippen LogP contribution in [0.5, 0.6) is 0 Å². The molecular weight excluding hydrogens is 178 g/mol. The van der Waals surface area contributed by atoms with Crippen LogP contribution >= 0.6 is 0 Å². The summed E-state index contributed by atoms with van der Waals surface area (Å²) in [6.07, 6.45) is 0.990. The van der Waals surface area contributed by atoms with Crippen molar-refractivity contribution in [3.63, 3.8) is 0 Å². The molecule has 1 saturated heterocycles. The van der Waals surface area contributed by atoms with Crippen LogP contribution in [-0.2, 0) is 4.74 Å². The van der Waals surface area contributed by atoms with E-state index in [1.54, 1.807) is 0 Å². The Bertz CT molecular complexity index is 201. The lowest BCUT2D eigenvalue weighted by molar-refractivity contribution is -0.0706. The van der Waals surface area contributed by atoms with Crippen LogP contribution in [-0.4, -0.2) is 35.0 Å². The summed E-state index contributed by atoms with van der Waals surface area (Å²) in [5.41, 5.74) is -0.205. The fraction of sp³-hybridized carbons (Fsp3) is 1.00. The van der Waals surface area contributed by atoms with Crippen molar-refractivity contribution in [3.05, 3.63) is 0 Å². The molecule has 3 nitrogen and oxygen atoms in total. The number of aliphatic hydroxyl groups excluding tert-OH is 1. The molecule has 3 heteroatoms. The highest BCUT2D eigenvalue weighted by Gasteiger charge is 2.45. The molecular formula is C11H23NO2. The molecule has 2 N–H and O–H groups in total. The minimum atomic E-state index is -0.146. The number of aliphatic hydroxyl groups is 1. The van der Waals surface area contributed by atoms with Gasteiger partial charge >= 0.3 is 0 Å².